The third kappa shape index (κ3) is 4.47. The van der Waals surface area contributed by atoms with Crippen LogP contribution in [0.5, 0.6) is 5.75 Å². The van der Waals surface area contributed by atoms with Gasteiger partial charge >= 0.3 is 5.97 Å². The van der Waals surface area contributed by atoms with Gasteiger partial charge in [0, 0.05) is 6.20 Å². The summed E-state index contributed by atoms with van der Waals surface area (Å²) >= 11 is 0. The van der Waals surface area contributed by atoms with Gasteiger partial charge in [0.25, 0.3) is 5.56 Å². The van der Waals surface area contributed by atoms with Crippen LogP contribution in [-0.4, -0.2) is 22.2 Å². The molecular formula is C19H23NO4. The molecule has 0 aliphatic heterocycles. The highest BCUT2D eigenvalue weighted by Crippen LogP contribution is 2.17. The topological polar surface area (TPSA) is 68.5 Å². The fourth-order valence-electron chi connectivity index (χ4n) is 2.65. The van der Waals surface area contributed by atoms with Crippen LogP contribution in [0.15, 0.2) is 53.5 Å². The number of hydrogen-bond donors (Lipinski definition) is 1. The average Bonchev–Trinajstić information content (AvgIpc) is 2.55. The second-order valence-corrected chi connectivity index (χ2v) is 6.05. The first-order valence-electron chi connectivity index (χ1n) is 8.11. The van der Waals surface area contributed by atoms with Crippen LogP contribution >= 0.6 is 0 Å². The second-order valence-electron chi connectivity index (χ2n) is 6.05. The lowest BCUT2D eigenvalue weighted by Gasteiger charge is -2.19. The number of carboxylic acid groups (broad SMARTS) is 1. The minimum Gasteiger partial charge on any atom is -0.488 e. The molecule has 0 bridgehead atoms. The van der Waals surface area contributed by atoms with Gasteiger partial charge in [0.1, 0.15) is 6.04 Å². The Balaban J connectivity index is 2.02. The molecule has 128 valence electrons. The number of aromatic nitrogens is 1. The van der Waals surface area contributed by atoms with Crippen LogP contribution in [0.4, 0.5) is 0 Å². The highest BCUT2D eigenvalue weighted by molar-refractivity contribution is 5.72. The summed E-state index contributed by atoms with van der Waals surface area (Å²) in [6, 6.07) is 12.4. The number of carbonyl (C=O) groups is 1. The number of benzene rings is 1. The second kappa shape index (κ2) is 8.34. The Kier molecular flexibility index (Phi) is 6.18. The van der Waals surface area contributed by atoms with Crippen LogP contribution in [-0.2, 0) is 11.2 Å². The number of nitrogens with zero attached hydrogens (tertiary/aromatic N) is 1. The van der Waals surface area contributed by atoms with Gasteiger partial charge in [0.2, 0.25) is 0 Å². The predicted molar refractivity (Wildman–Crippen MR) is 92.5 cm³/mol. The van der Waals surface area contributed by atoms with Gasteiger partial charge in [-0.05, 0) is 36.5 Å². The molecule has 5 heteroatoms. The third-order valence-electron chi connectivity index (χ3n) is 3.83. The molecule has 2 aromatic rings. The number of hydrogen-bond acceptors (Lipinski definition) is 3. The Morgan fingerprint density at radius 1 is 1.17 bits per heavy atom. The molecule has 1 heterocycles. The molecule has 0 aliphatic carbocycles. The first-order valence-corrected chi connectivity index (χ1v) is 8.11. The van der Waals surface area contributed by atoms with E-state index in [2.05, 4.69) is 12.1 Å². The maximum atomic E-state index is 12.5. The van der Waals surface area contributed by atoms with Crippen molar-refractivity contribution in [2.24, 2.45) is 5.92 Å². The van der Waals surface area contributed by atoms with E-state index in [9.17, 15) is 14.7 Å². The van der Waals surface area contributed by atoms with Gasteiger partial charge in [-0.1, -0.05) is 44.2 Å². The van der Waals surface area contributed by atoms with Crippen LogP contribution in [0.25, 0.3) is 0 Å². The lowest BCUT2D eigenvalue weighted by molar-refractivity contribution is -0.142. The van der Waals surface area contributed by atoms with Gasteiger partial charge in [-0.2, -0.15) is 0 Å². The van der Waals surface area contributed by atoms with Gasteiger partial charge < -0.3 is 9.84 Å². The Labute approximate surface area is 141 Å². The smallest absolute Gasteiger partial charge is 0.327 e. The number of rotatable bonds is 8. The molecule has 1 aromatic carbocycles. The Morgan fingerprint density at radius 2 is 1.88 bits per heavy atom. The summed E-state index contributed by atoms with van der Waals surface area (Å²) in [5.74, 6) is -1.03. The lowest BCUT2D eigenvalue weighted by Crippen LogP contribution is -2.33. The van der Waals surface area contributed by atoms with Crippen molar-refractivity contribution in [2.45, 2.75) is 32.7 Å². The highest BCUT2D eigenvalue weighted by atomic mass is 16.5. The summed E-state index contributed by atoms with van der Waals surface area (Å²) in [7, 11) is 0. The Morgan fingerprint density at radius 3 is 2.50 bits per heavy atom. The van der Waals surface area contributed by atoms with Crippen molar-refractivity contribution in [1.82, 2.24) is 4.57 Å². The van der Waals surface area contributed by atoms with Crippen LogP contribution in [0.1, 0.15) is 31.9 Å². The van der Waals surface area contributed by atoms with Crippen LogP contribution < -0.4 is 10.3 Å². The van der Waals surface area contributed by atoms with Crippen molar-refractivity contribution < 1.29 is 14.6 Å². The molecule has 0 fully saturated rings. The van der Waals surface area contributed by atoms with Gasteiger partial charge in [-0.25, -0.2) is 4.79 Å². The summed E-state index contributed by atoms with van der Waals surface area (Å²) in [5.41, 5.74) is 0.815. The highest BCUT2D eigenvalue weighted by Gasteiger charge is 2.25. The Bertz CT molecular complexity index is 722. The fourth-order valence-corrected chi connectivity index (χ4v) is 2.65. The molecule has 0 amide bonds. The predicted octanol–water partition coefficient (Wildman–Crippen LogP) is 3.14. The molecule has 0 saturated heterocycles. The van der Waals surface area contributed by atoms with Crippen molar-refractivity contribution >= 4 is 5.97 Å². The molecule has 5 nitrogen and oxygen atoms in total. The molecule has 1 atom stereocenters. The number of aliphatic carboxylic acids is 1. The van der Waals surface area contributed by atoms with E-state index in [0.717, 1.165) is 12.8 Å². The molecule has 0 radical (unpaired) electrons. The molecule has 1 aromatic heterocycles. The van der Waals surface area contributed by atoms with Crippen LogP contribution in [0.2, 0.25) is 0 Å². The molecule has 0 saturated carbocycles. The first-order chi connectivity index (χ1) is 11.5. The summed E-state index contributed by atoms with van der Waals surface area (Å²) in [6.07, 6.45) is 3.15. The van der Waals surface area contributed by atoms with Gasteiger partial charge in [-0.3, -0.25) is 9.36 Å². The maximum absolute atomic E-state index is 12.5. The molecule has 1 unspecified atom stereocenters. The van der Waals surface area contributed by atoms with Gasteiger partial charge in [-0.15, -0.1) is 0 Å². The zero-order valence-corrected chi connectivity index (χ0v) is 14.0. The van der Waals surface area contributed by atoms with Gasteiger partial charge in [0.05, 0.1) is 6.61 Å². The van der Waals surface area contributed by atoms with Crippen molar-refractivity contribution in [2.75, 3.05) is 6.61 Å². The van der Waals surface area contributed by atoms with E-state index in [0.29, 0.717) is 6.61 Å². The van der Waals surface area contributed by atoms with Gasteiger partial charge in [0.15, 0.2) is 5.75 Å². The first kappa shape index (κ1) is 17.8. The third-order valence-corrected chi connectivity index (χ3v) is 3.83. The summed E-state index contributed by atoms with van der Waals surface area (Å²) in [4.78, 5) is 23.9. The number of aryl methyl sites for hydroxylation is 1. The number of carboxylic acids is 1. The van der Waals surface area contributed by atoms with Crippen molar-refractivity contribution in [3.63, 3.8) is 0 Å². The summed E-state index contributed by atoms with van der Waals surface area (Å²) < 4.78 is 6.82. The number of ether oxygens (including phenoxy) is 1. The Hall–Kier alpha value is -2.56. The summed E-state index contributed by atoms with van der Waals surface area (Å²) in [6.45, 7) is 3.96. The van der Waals surface area contributed by atoms with E-state index in [1.54, 1.807) is 26.0 Å². The van der Waals surface area contributed by atoms with E-state index in [4.69, 9.17) is 4.74 Å². The van der Waals surface area contributed by atoms with E-state index >= 15 is 0 Å². The van der Waals surface area contributed by atoms with Crippen LogP contribution in [0, 0.1) is 5.92 Å². The molecular weight excluding hydrogens is 306 g/mol. The van der Waals surface area contributed by atoms with E-state index in [1.165, 1.54) is 16.3 Å². The minimum absolute atomic E-state index is 0.192. The van der Waals surface area contributed by atoms with Crippen molar-refractivity contribution in [3.05, 3.63) is 64.6 Å². The zero-order valence-electron chi connectivity index (χ0n) is 14.0. The van der Waals surface area contributed by atoms with Crippen molar-refractivity contribution in [3.8, 4) is 5.75 Å². The average molecular weight is 329 g/mol. The molecule has 0 aliphatic rings. The monoisotopic (exact) mass is 329 g/mol. The SMILES string of the molecule is CC(C)C(C(=O)O)n1cccc(OCCCc2ccccc2)c1=O. The number of pyridine rings is 1. The maximum Gasteiger partial charge on any atom is 0.327 e. The standard InChI is InChI=1S/C19H23NO4/c1-14(2)17(19(22)23)20-12-6-11-16(18(20)21)24-13-7-10-15-8-4-3-5-9-15/h3-6,8-9,11-12,14,17H,7,10,13H2,1-2H3,(H,22,23). The fraction of sp³-hybridized carbons (Fsp3) is 0.368. The molecule has 1 N–H and O–H groups in total. The lowest BCUT2D eigenvalue weighted by atomic mass is 10.0. The van der Waals surface area contributed by atoms with E-state index in [-0.39, 0.29) is 11.7 Å². The molecule has 2 rings (SSSR count). The quantitative estimate of drug-likeness (QED) is 0.756. The minimum atomic E-state index is -1.02. The largest absolute Gasteiger partial charge is 0.488 e. The van der Waals surface area contributed by atoms with E-state index < -0.39 is 17.6 Å². The normalized spacial score (nSPS) is 12.1. The van der Waals surface area contributed by atoms with Crippen LogP contribution in [0.3, 0.4) is 0 Å². The molecule has 24 heavy (non-hydrogen) atoms. The van der Waals surface area contributed by atoms with E-state index in [1.807, 2.05) is 18.2 Å². The zero-order chi connectivity index (χ0) is 17.5. The summed E-state index contributed by atoms with van der Waals surface area (Å²) in [5, 5.41) is 9.35. The molecule has 0 spiro atoms. The van der Waals surface area contributed by atoms with Crippen molar-refractivity contribution in [1.29, 1.82) is 0 Å².